The highest BCUT2D eigenvalue weighted by atomic mass is 16.4. The Bertz CT molecular complexity index is 622. The van der Waals surface area contributed by atoms with Crippen molar-refractivity contribution in [3.05, 3.63) is 36.2 Å². The van der Waals surface area contributed by atoms with Gasteiger partial charge in [-0.3, -0.25) is 9.78 Å². The van der Waals surface area contributed by atoms with E-state index in [1.54, 1.807) is 12.4 Å². The number of carbonyl (C=O) groups excluding carboxylic acids is 1. The fraction of sp³-hybridized carbons (Fsp3) is 0.500. The van der Waals surface area contributed by atoms with Gasteiger partial charge in [-0.1, -0.05) is 6.08 Å². The van der Waals surface area contributed by atoms with Crippen molar-refractivity contribution in [2.24, 2.45) is 5.92 Å². The number of urea groups is 1. The van der Waals surface area contributed by atoms with Crippen molar-refractivity contribution < 1.29 is 14.7 Å². The van der Waals surface area contributed by atoms with Gasteiger partial charge in [0.25, 0.3) is 0 Å². The standard InChI is InChI=1S/C18H23N3O3/c22-17(23)14-3-5-16(6-4-14)20-18(24)21-11-1-2-15(12-21)13-7-9-19-10-8-13/h2,7-10,14,16H,1,3-6,11-12H2,(H,20,24)(H,22,23). The fourth-order valence-corrected chi connectivity index (χ4v) is 3.44. The van der Waals surface area contributed by atoms with E-state index in [1.165, 1.54) is 0 Å². The molecule has 24 heavy (non-hydrogen) atoms. The minimum absolute atomic E-state index is 0.0477. The minimum atomic E-state index is -0.720. The van der Waals surface area contributed by atoms with Crippen molar-refractivity contribution in [3.8, 4) is 0 Å². The lowest BCUT2D eigenvalue weighted by molar-refractivity contribution is -0.142. The lowest BCUT2D eigenvalue weighted by Gasteiger charge is -2.32. The maximum Gasteiger partial charge on any atom is 0.317 e. The molecule has 128 valence electrons. The third-order valence-corrected chi connectivity index (χ3v) is 4.89. The first kappa shape index (κ1) is 16.5. The molecule has 0 bridgehead atoms. The maximum atomic E-state index is 12.5. The van der Waals surface area contributed by atoms with Crippen LogP contribution in [-0.2, 0) is 4.79 Å². The van der Waals surface area contributed by atoms with E-state index in [1.807, 2.05) is 17.0 Å². The second kappa shape index (κ2) is 7.47. The predicted octanol–water partition coefficient (Wildman–Crippen LogP) is 2.52. The van der Waals surface area contributed by atoms with Crippen molar-refractivity contribution >= 4 is 17.6 Å². The SMILES string of the molecule is O=C(O)C1CCC(NC(=O)N2CCC=C(c3ccncc3)C2)CC1. The first-order chi connectivity index (χ1) is 11.6. The molecule has 2 aliphatic rings. The Balaban J connectivity index is 1.53. The van der Waals surface area contributed by atoms with Gasteiger partial charge in [0.15, 0.2) is 0 Å². The Morgan fingerprint density at radius 2 is 1.88 bits per heavy atom. The number of hydrogen-bond acceptors (Lipinski definition) is 3. The molecule has 1 aromatic rings. The molecule has 1 aromatic heterocycles. The quantitative estimate of drug-likeness (QED) is 0.893. The molecular weight excluding hydrogens is 306 g/mol. The van der Waals surface area contributed by atoms with Crippen LogP contribution < -0.4 is 5.32 Å². The Hall–Kier alpha value is -2.37. The molecule has 0 atom stereocenters. The minimum Gasteiger partial charge on any atom is -0.481 e. The van der Waals surface area contributed by atoms with Crippen LogP contribution in [0.15, 0.2) is 30.6 Å². The van der Waals surface area contributed by atoms with E-state index in [2.05, 4.69) is 16.4 Å². The van der Waals surface area contributed by atoms with Gasteiger partial charge in [-0.15, -0.1) is 0 Å². The van der Waals surface area contributed by atoms with Crippen LogP contribution in [0.4, 0.5) is 4.79 Å². The number of hydrogen-bond donors (Lipinski definition) is 2. The summed E-state index contributed by atoms with van der Waals surface area (Å²) in [5.74, 6) is -0.975. The number of carboxylic acid groups (broad SMARTS) is 1. The smallest absolute Gasteiger partial charge is 0.317 e. The van der Waals surface area contributed by atoms with E-state index < -0.39 is 5.97 Å². The number of nitrogens with zero attached hydrogens (tertiary/aromatic N) is 2. The average Bonchev–Trinajstić information content (AvgIpc) is 2.63. The van der Waals surface area contributed by atoms with Gasteiger partial charge in [-0.25, -0.2) is 4.79 Å². The van der Waals surface area contributed by atoms with Gasteiger partial charge >= 0.3 is 12.0 Å². The Morgan fingerprint density at radius 3 is 2.54 bits per heavy atom. The third-order valence-electron chi connectivity index (χ3n) is 4.89. The number of pyridine rings is 1. The summed E-state index contributed by atoms with van der Waals surface area (Å²) in [5.41, 5.74) is 2.25. The summed E-state index contributed by atoms with van der Waals surface area (Å²) in [6, 6.07) is 3.96. The molecule has 0 saturated heterocycles. The Kier molecular flexibility index (Phi) is 5.13. The predicted molar refractivity (Wildman–Crippen MR) is 90.3 cm³/mol. The lowest BCUT2D eigenvalue weighted by atomic mass is 9.86. The normalized spacial score (nSPS) is 24.2. The van der Waals surface area contributed by atoms with Gasteiger partial charge < -0.3 is 15.3 Å². The maximum absolute atomic E-state index is 12.5. The number of amides is 2. The molecule has 6 nitrogen and oxygen atoms in total. The summed E-state index contributed by atoms with van der Waals surface area (Å²) in [5, 5.41) is 12.1. The van der Waals surface area contributed by atoms with Gasteiger partial charge in [-0.2, -0.15) is 0 Å². The van der Waals surface area contributed by atoms with Gasteiger partial charge in [0.1, 0.15) is 0 Å². The van der Waals surface area contributed by atoms with Gasteiger partial charge in [0, 0.05) is 31.5 Å². The molecule has 2 amide bonds. The van der Waals surface area contributed by atoms with Crippen LogP contribution in [0, 0.1) is 5.92 Å². The second-order valence-corrected chi connectivity index (χ2v) is 6.51. The number of aromatic nitrogens is 1. The summed E-state index contributed by atoms with van der Waals surface area (Å²) < 4.78 is 0. The topological polar surface area (TPSA) is 82.5 Å². The molecule has 2 N–H and O–H groups in total. The number of nitrogens with one attached hydrogen (secondary N) is 1. The van der Waals surface area contributed by atoms with E-state index in [0.29, 0.717) is 25.9 Å². The Morgan fingerprint density at radius 1 is 1.17 bits per heavy atom. The molecule has 1 saturated carbocycles. The first-order valence-electron chi connectivity index (χ1n) is 8.51. The summed E-state index contributed by atoms with van der Waals surface area (Å²) in [6.07, 6.45) is 9.30. The molecule has 2 heterocycles. The number of rotatable bonds is 3. The van der Waals surface area contributed by atoms with Crippen LogP contribution >= 0.6 is 0 Å². The van der Waals surface area contributed by atoms with Crippen molar-refractivity contribution in [3.63, 3.8) is 0 Å². The first-order valence-corrected chi connectivity index (χ1v) is 8.51. The number of carbonyl (C=O) groups is 2. The molecular formula is C18H23N3O3. The summed E-state index contributed by atoms with van der Waals surface area (Å²) >= 11 is 0. The summed E-state index contributed by atoms with van der Waals surface area (Å²) in [6.45, 7) is 1.31. The highest BCUT2D eigenvalue weighted by molar-refractivity contribution is 5.79. The van der Waals surface area contributed by atoms with E-state index in [4.69, 9.17) is 5.11 Å². The average molecular weight is 329 g/mol. The fourth-order valence-electron chi connectivity index (χ4n) is 3.44. The largest absolute Gasteiger partial charge is 0.481 e. The Labute approximate surface area is 141 Å². The highest BCUT2D eigenvalue weighted by Gasteiger charge is 2.28. The molecule has 1 aliphatic heterocycles. The van der Waals surface area contributed by atoms with E-state index in [-0.39, 0.29) is 18.0 Å². The van der Waals surface area contributed by atoms with Gasteiger partial charge in [0.2, 0.25) is 0 Å². The number of carboxylic acids is 1. The van der Waals surface area contributed by atoms with Gasteiger partial charge in [-0.05, 0) is 55.4 Å². The molecule has 1 fully saturated rings. The van der Waals surface area contributed by atoms with Crippen LogP contribution in [0.1, 0.15) is 37.7 Å². The zero-order chi connectivity index (χ0) is 16.9. The highest BCUT2D eigenvalue weighted by Crippen LogP contribution is 2.25. The summed E-state index contributed by atoms with van der Waals surface area (Å²) in [7, 11) is 0. The molecule has 1 aliphatic carbocycles. The zero-order valence-corrected chi connectivity index (χ0v) is 13.6. The van der Waals surface area contributed by atoms with Crippen molar-refractivity contribution in [1.82, 2.24) is 15.2 Å². The van der Waals surface area contributed by atoms with Crippen LogP contribution in [0.25, 0.3) is 5.57 Å². The van der Waals surface area contributed by atoms with E-state index >= 15 is 0 Å². The lowest BCUT2D eigenvalue weighted by Crippen LogP contribution is -2.47. The molecule has 6 heteroatoms. The van der Waals surface area contributed by atoms with Crippen molar-refractivity contribution in [2.45, 2.75) is 38.1 Å². The van der Waals surface area contributed by atoms with E-state index in [0.717, 1.165) is 30.4 Å². The van der Waals surface area contributed by atoms with Crippen LogP contribution in [0.3, 0.4) is 0 Å². The molecule has 0 spiro atoms. The molecule has 0 unspecified atom stereocenters. The molecule has 0 aromatic carbocycles. The molecule has 3 rings (SSSR count). The van der Waals surface area contributed by atoms with Gasteiger partial charge in [0.05, 0.1) is 5.92 Å². The number of aliphatic carboxylic acids is 1. The van der Waals surface area contributed by atoms with Crippen LogP contribution in [-0.4, -0.2) is 46.1 Å². The van der Waals surface area contributed by atoms with Crippen molar-refractivity contribution in [1.29, 1.82) is 0 Å². The second-order valence-electron chi connectivity index (χ2n) is 6.51. The third kappa shape index (κ3) is 3.93. The van der Waals surface area contributed by atoms with Crippen molar-refractivity contribution in [2.75, 3.05) is 13.1 Å². The van der Waals surface area contributed by atoms with Crippen LogP contribution in [0.2, 0.25) is 0 Å². The van der Waals surface area contributed by atoms with Crippen LogP contribution in [0.5, 0.6) is 0 Å². The zero-order valence-electron chi connectivity index (χ0n) is 13.6. The monoisotopic (exact) mass is 329 g/mol. The molecule has 0 radical (unpaired) electrons. The summed E-state index contributed by atoms with van der Waals surface area (Å²) in [4.78, 5) is 29.4. The van der Waals surface area contributed by atoms with E-state index in [9.17, 15) is 9.59 Å².